The van der Waals surface area contributed by atoms with Crippen LogP contribution in [0.4, 0.5) is 0 Å². The van der Waals surface area contributed by atoms with Gasteiger partial charge >= 0.3 is 0 Å². The second-order valence-corrected chi connectivity index (χ2v) is 6.44. The summed E-state index contributed by atoms with van der Waals surface area (Å²) in [6.07, 6.45) is 2.74. The summed E-state index contributed by atoms with van der Waals surface area (Å²) in [5.74, 6) is -0.121. The van der Waals surface area contributed by atoms with Crippen molar-refractivity contribution in [3.63, 3.8) is 0 Å². The van der Waals surface area contributed by atoms with E-state index < -0.39 is 9.84 Å². The Morgan fingerprint density at radius 3 is 2.88 bits per heavy atom. The van der Waals surface area contributed by atoms with Crippen molar-refractivity contribution >= 4 is 15.7 Å². The lowest BCUT2D eigenvalue weighted by Gasteiger charge is -2.19. The van der Waals surface area contributed by atoms with E-state index in [-0.39, 0.29) is 30.8 Å². The number of sulfone groups is 1. The Bertz CT molecular complexity index is 413. The predicted octanol–water partition coefficient (Wildman–Crippen LogP) is -0.865. The van der Waals surface area contributed by atoms with Crippen LogP contribution < -0.4 is 5.32 Å². The van der Waals surface area contributed by atoms with Crippen LogP contribution in [0.3, 0.4) is 0 Å². The predicted molar refractivity (Wildman–Crippen MR) is 62.9 cm³/mol. The highest BCUT2D eigenvalue weighted by Crippen LogP contribution is 2.15. The molecule has 7 heteroatoms. The number of rotatable bonds is 5. The molecule has 0 spiro atoms. The Morgan fingerprint density at radius 2 is 2.29 bits per heavy atom. The molecule has 1 amide bonds. The maximum Gasteiger partial charge on any atom is 0.237 e. The molecule has 1 aliphatic rings. The number of nitrogens with one attached hydrogen (secondary N) is 1. The Labute approximate surface area is 102 Å². The summed E-state index contributed by atoms with van der Waals surface area (Å²) in [5, 5.41) is 11.6. The molecule has 1 rings (SSSR count). The molecule has 1 heterocycles. The van der Waals surface area contributed by atoms with Gasteiger partial charge < -0.3 is 10.2 Å². The van der Waals surface area contributed by atoms with Gasteiger partial charge in [-0.15, -0.1) is 0 Å². The molecular weight excluding hydrogens is 242 g/mol. The summed E-state index contributed by atoms with van der Waals surface area (Å²) in [4.78, 5) is 13.3. The fourth-order valence-corrected chi connectivity index (χ4v) is 2.27. The number of hydrogen-bond acceptors (Lipinski definition) is 5. The van der Waals surface area contributed by atoms with E-state index in [2.05, 4.69) is 11.4 Å². The Kier molecular flexibility index (Phi) is 4.90. The number of hydrogen-bond donors (Lipinski definition) is 1. The number of likely N-dealkylation sites (tertiary alicyclic amines) is 1. The molecule has 1 fully saturated rings. The number of nitrogens with zero attached hydrogens (tertiary/aromatic N) is 2. The highest BCUT2D eigenvalue weighted by atomic mass is 32.2. The molecule has 0 aromatic heterocycles. The Balaban J connectivity index is 2.28. The van der Waals surface area contributed by atoms with Gasteiger partial charge in [0.15, 0.2) is 0 Å². The molecule has 1 atom stereocenters. The van der Waals surface area contributed by atoms with Crippen molar-refractivity contribution in [1.29, 1.82) is 5.26 Å². The molecular formula is C10H17N3O3S. The fraction of sp³-hybridized carbons (Fsp3) is 0.800. The molecule has 0 bridgehead atoms. The van der Waals surface area contributed by atoms with E-state index in [1.54, 1.807) is 4.90 Å². The van der Waals surface area contributed by atoms with Crippen LogP contribution in [-0.4, -0.2) is 56.9 Å². The zero-order valence-electron chi connectivity index (χ0n) is 9.85. The van der Waals surface area contributed by atoms with Gasteiger partial charge in [0.25, 0.3) is 0 Å². The van der Waals surface area contributed by atoms with Crippen LogP contribution >= 0.6 is 0 Å². The van der Waals surface area contributed by atoms with Crippen molar-refractivity contribution in [1.82, 2.24) is 10.2 Å². The van der Waals surface area contributed by atoms with E-state index in [1.807, 2.05) is 0 Å². The van der Waals surface area contributed by atoms with Gasteiger partial charge in [0.1, 0.15) is 15.9 Å². The van der Waals surface area contributed by atoms with Gasteiger partial charge in [-0.1, -0.05) is 0 Å². The van der Waals surface area contributed by atoms with Crippen LogP contribution in [0, 0.1) is 11.3 Å². The van der Waals surface area contributed by atoms with Gasteiger partial charge in [0.2, 0.25) is 5.91 Å². The third-order valence-corrected chi connectivity index (χ3v) is 3.59. The topological polar surface area (TPSA) is 90.3 Å². The second-order valence-electron chi connectivity index (χ2n) is 4.18. The van der Waals surface area contributed by atoms with Gasteiger partial charge in [0, 0.05) is 19.3 Å². The molecule has 1 aliphatic heterocycles. The standard InChI is InChI=1S/C10H17N3O3S/c1-17(15,16)6-4-12-8-10(14)13-5-2-3-9(13)7-11/h9,12H,2-6,8H2,1H3/t9-/m0/s1. The van der Waals surface area contributed by atoms with E-state index in [0.29, 0.717) is 6.54 Å². The molecule has 0 radical (unpaired) electrons. The minimum Gasteiger partial charge on any atom is -0.326 e. The first-order valence-corrected chi connectivity index (χ1v) is 7.57. The van der Waals surface area contributed by atoms with Crippen LogP contribution in [0.5, 0.6) is 0 Å². The lowest BCUT2D eigenvalue weighted by molar-refractivity contribution is -0.130. The zero-order chi connectivity index (χ0) is 12.9. The summed E-state index contributed by atoms with van der Waals surface area (Å²) in [6.45, 7) is 0.966. The van der Waals surface area contributed by atoms with E-state index in [1.165, 1.54) is 0 Å². The highest BCUT2D eigenvalue weighted by Gasteiger charge is 2.27. The summed E-state index contributed by atoms with van der Waals surface area (Å²) in [7, 11) is -3.00. The van der Waals surface area contributed by atoms with Crippen LogP contribution in [0.15, 0.2) is 0 Å². The van der Waals surface area contributed by atoms with Crippen molar-refractivity contribution in [2.24, 2.45) is 0 Å². The maximum atomic E-state index is 11.7. The van der Waals surface area contributed by atoms with Gasteiger partial charge in [-0.25, -0.2) is 8.42 Å². The Hall–Kier alpha value is -1.13. The summed E-state index contributed by atoms with van der Waals surface area (Å²) in [5.41, 5.74) is 0. The molecule has 0 unspecified atom stereocenters. The largest absolute Gasteiger partial charge is 0.326 e. The van der Waals surface area contributed by atoms with Crippen LogP contribution in [0.25, 0.3) is 0 Å². The molecule has 0 saturated carbocycles. The second kappa shape index (κ2) is 5.98. The average molecular weight is 259 g/mol. The molecule has 17 heavy (non-hydrogen) atoms. The first-order valence-electron chi connectivity index (χ1n) is 5.51. The molecule has 0 aliphatic carbocycles. The van der Waals surface area contributed by atoms with Crippen molar-refractivity contribution in [2.45, 2.75) is 18.9 Å². The quantitative estimate of drug-likeness (QED) is 0.648. The van der Waals surface area contributed by atoms with Gasteiger partial charge in [-0.05, 0) is 12.8 Å². The first kappa shape index (κ1) is 13.9. The number of amides is 1. The minimum atomic E-state index is -3.00. The summed E-state index contributed by atoms with van der Waals surface area (Å²) >= 11 is 0. The number of carbonyl (C=O) groups is 1. The summed E-state index contributed by atoms with van der Waals surface area (Å²) in [6, 6.07) is 1.77. The average Bonchev–Trinajstić information content (AvgIpc) is 2.70. The zero-order valence-corrected chi connectivity index (χ0v) is 10.7. The van der Waals surface area contributed by atoms with Crippen LogP contribution in [0.2, 0.25) is 0 Å². The van der Waals surface area contributed by atoms with E-state index in [9.17, 15) is 13.2 Å². The number of nitriles is 1. The molecule has 6 nitrogen and oxygen atoms in total. The lowest BCUT2D eigenvalue weighted by Crippen LogP contribution is -2.41. The normalized spacial score (nSPS) is 20.2. The van der Waals surface area contributed by atoms with Gasteiger partial charge in [0.05, 0.1) is 18.4 Å². The van der Waals surface area contributed by atoms with Crippen molar-refractivity contribution in [2.75, 3.05) is 31.6 Å². The maximum absolute atomic E-state index is 11.7. The molecule has 0 aromatic rings. The third kappa shape index (κ3) is 4.71. The van der Waals surface area contributed by atoms with E-state index in [0.717, 1.165) is 19.1 Å². The first-order chi connectivity index (χ1) is 7.94. The van der Waals surface area contributed by atoms with Gasteiger partial charge in [-0.3, -0.25) is 4.79 Å². The minimum absolute atomic E-state index is 0.0158. The van der Waals surface area contributed by atoms with Gasteiger partial charge in [-0.2, -0.15) is 5.26 Å². The smallest absolute Gasteiger partial charge is 0.237 e. The Morgan fingerprint density at radius 1 is 1.59 bits per heavy atom. The van der Waals surface area contributed by atoms with Crippen molar-refractivity contribution in [3.8, 4) is 6.07 Å². The van der Waals surface area contributed by atoms with Crippen LogP contribution in [-0.2, 0) is 14.6 Å². The molecule has 96 valence electrons. The third-order valence-electron chi connectivity index (χ3n) is 2.65. The number of carbonyl (C=O) groups excluding carboxylic acids is 1. The monoisotopic (exact) mass is 259 g/mol. The molecule has 1 saturated heterocycles. The van der Waals surface area contributed by atoms with Crippen molar-refractivity contribution in [3.05, 3.63) is 0 Å². The molecule has 1 N–H and O–H groups in total. The van der Waals surface area contributed by atoms with E-state index >= 15 is 0 Å². The SMILES string of the molecule is CS(=O)(=O)CCNCC(=O)N1CCC[C@H]1C#N. The highest BCUT2D eigenvalue weighted by molar-refractivity contribution is 7.90. The fourth-order valence-electron chi connectivity index (χ4n) is 1.75. The molecule has 0 aromatic carbocycles. The lowest BCUT2D eigenvalue weighted by atomic mass is 10.2. The summed E-state index contributed by atoms with van der Waals surface area (Å²) < 4.78 is 21.7. The van der Waals surface area contributed by atoms with E-state index in [4.69, 9.17) is 5.26 Å². The van der Waals surface area contributed by atoms with Crippen LogP contribution in [0.1, 0.15) is 12.8 Å². The van der Waals surface area contributed by atoms with Crippen molar-refractivity contribution < 1.29 is 13.2 Å².